The molecule has 0 spiro atoms. The van der Waals surface area contributed by atoms with Crippen LogP contribution in [-0.2, 0) is 14.4 Å². The summed E-state index contributed by atoms with van der Waals surface area (Å²) in [5, 5.41) is 17.8. The van der Waals surface area contributed by atoms with E-state index in [9.17, 15) is 24.3 Å². The number of benzene rings is 1. The first-order valence-corrected chi connectivity index (χ1v) is 15.9. The quantitative estimate of drug-likeness (QED) is 0.391. The Morgan fingerprint density at radius 3 is 2.70 bits per heavy atom. The molecule has 1 unspecified atom stereocenters. The summed E-state index contributed by atoms with van der Waals surface area (Å²) in [5.41, 5.74) is 1.50. The molecule has 1 saturated heterocycles. The second-order valence-electron chi connectivity index (χ2n) is 12.3. The zero-order valence-corrected chi connectivity index (χ0v) is 26.6. The molecule has 2 N–H and O–H groups in total. The van der Waals surface area contributed by atoms with Gasteiger partial charge in [0, 0.05) is 56.3 Å². The lowest BCUT2D eigenvalue weighted by molar-refractivity contribution is -0.144. The number of carbonyl (C=O) groups excluding carboxylic acids is 3. The summed E-state index contributed by atoms with van der Waals surface area (Å²) in [7, 11) is 3.25. The molecule has 4 atom stereocenters. The van der Waals surface area contributed by atoms with E-state index in [1.165, 1.54) is 0 Å². The molecule has 12 nitrogen and oxygen atoms in total. The molecule has 0 radical (unpaired) electrons. The minimum Gasteiger partial charge on any atom is -0.497 e. The Bertz CT molecular complexity index is 1600. The van der Waals surface area contributed by atoms with Gasteiger partial charge in [-0.25, -0.2) is 14.5 Å². The highest BCUT2D eigenvalue weighted by atomic mass is 16.5. The van der Waals surface area contributed by atoms with Crippen molar-refractivity contribution >= 4 is 34.6 Å². The van der Waals surface area contributed by atoms with E-state index in [0.717, 1.165) is 37.5 Å². The third kappa shape index (κ3) is 7.38. The summed E-state index contributed by atoms with van der Waals surface area (Å²) in [4.78, 5) is 60.6. The number of fused-ring (bicyclic) bond motifs is 2. The number of amides is 3. The minimum absolute atomic E-state index is 0.126. The molecular weight excluding hydrogens is 588 g/mol. The standard InChI is InChI=1S/C34H42N6O6/c1-22-11-8-6-4-5-7-9-12-30(41)39-21-23(17-29(39)32(42)37-31(22)34(44)45)20-38(2)33(43)27-19-28(40-16-10-15-35-40)25-14-13-24(46-3)18-26(25)36-27/h8,10-11,13-16,18-19,22-23,29,31H,4-7,9,12,17,20-21H2,1-3H3,(H,37,42)(H,44,45)/b11-8-/t22-,23-,29-,31?/m0/s1. The second-order valence-corrected chi connectivity index (χ2v) is 12.3. The van der Waals surface area contributed by atoms with E-state index in [2.05, 4.69) is 15.4 Å². The molecule has 1 fully saturated rings. The molecule has 2 aliphatic rings. The maximum atomic E-state index is 13.8. The van der Waals surface area contributed by atoms with Crippen molar-refractivity contribution in [2.45, 2.75) is 64.0 Å². The second kappa shape index (κ2) is 14.6. The van der Waals surface area contributed by atoms with Crippen molar-refractivity contribution in [2.24, 2.45) is 11.8 Å². The maximum absolute atomic E-state index is 13.8. The number of hydrogen-bond acceptors (Lipinski definition) is 7. The molecule has 2 aliphatic heterocycles. The van der Waals surface area contributed by atoms with E-state index in [4.69, 9.17) is 4.74 Å². The fraction of sp³-hybridized carbons (Fsp3) is 0.471. The molecule has 0 saturated carbocycles. The molecule has 5 rings (SSSR count). The average molecular weight is 631 g/mol. The lowest BCUT2D eigenvalue weighted by Crippen LogP contribution is -2.52. The predicted molar refractivity (Wildman–Crippen MR) is 172 cm³/mol. The highest BCUT2D eigenvalue weighted by Crippen LogP contribution is 2.29. The van der Waals surface area contributed by atoms with E-state index in [1.54, 1.807) is 66.2 Å². The highest BCUT2D eigenvalue weighted by molar-refractivity contribution is 5.98. The Morgan fingerprint density at radius 1 is 1.15 bits per heavy atom. The number of ether oxygens (including phenoxy) is 1. The molecule has 0 aliphatic carbocycles. The first kappa shape index (κ1) is 32.6. The van der Waals surface area contributed by atoms with Crippen LogP contribution in [0.1, 0.15) is 62.4 Å². The molecule has 3 amide bonds. The van der Waals surface area contributed by atoms with Crippen molar-refractivity contribution in [1.29, 1.82) is 0 Å². The van der Waals surface area contributed by atoms with Crippen LogP contribution in [0, 0.1) is 11.8 Å². The molecule has 46 heavy (non-hydrogen) atoms. The van der Waals surface area contributed by atoms with Gasteiger partial charge in [-0.1, -0.05) is 31.9 Å². The van der Waals surface area contributed by atoms with Gasteiger partial charge in [0.05, 0.1) is 18.3 Å². The Labute approximate surface area is 268 Å². The van der Waals surface area contributed by atoms with E-state index in [1.807, 2.05) is 24.3 Å². The number of nitrogens with one attached hydrogen (secondary N) is 1. The largest absolute Gasteiger partial charge is 0.497 e. The van der Waals surface area contributed by atoms with Gasteiger partial charge < -0.3 is 25.0 Å². The normalized spacial score (nSPS) is 23.6. The zero-order valence-electron chi connectivity index (χ0n) is 26.6. The van der Waals surface area contributed by atoms with Gasteiger partial charge >= 0.3 is 5.97 Å². The topological polar surface area (TPSA) is 147 Å². The van der Waals surface area contributed by atoms with Crippen LogP contribution in [0.25, 0.3) is 16.6 Å². The molecule has 2 aromatic heterocycles. The van der Waals surface area contributed by atoms with Gasteiger partial charge in [-0.3, -0.25) is 14.4 Å². The van der Waals surface area contributed by atoms with Crippen LogP contribution in [0.3, 0.4) is 0 Å². The van der Waals surface area contributed by atoms with Gasteiger partial charge in [0.1, 0.15) is 23.5 Å². The third-order valence-electron chi connectivity index (χ3n) is 8.90. The number of aromatic nitrogens is 3. The fourth-order valence-corrected chi connectivity index (χ4v) is 6.40. The zero-order chi connectivity index (χ0) is 32.8. The van der Waals surface area contributed by atoms with Crippen LogP contribution in [0.15, 0.2) is 54.9 Å². The van der Waals surface area contributed by atoms with Crippen LogP contribution in [0.2, 0.25) is 0 Å². The molecule has 3 aromatic rings. The third-order valence-corrected chi connectivity index (χ3v) is 8.90. The molecular formula is C34H42N6O6. The van der Waals surface area contributed by atoms with Gasteiger partial charge in [-0.2, -0.15) is 5.10 Å². The molecule has 4 heterocycles. The van der Waals surface area contributed by atoms with E-state index in [0.29, 0.717) is 36.3 Å². The number of rotatable bonds is 6. The van der Waals surface area contributed by atoms with E-state index < -0.39 is 29.9 Å². The minimum atomic E-state index is -1.12. The van der Waals surface area contributed by atoms with Crippen LogP contribution in [0.5, 0.6) is 5.75 Å². The summed E-state index contributed by atoms with van der Waals surface area (Å²) < 4.78 is 7.07. The smallest absolute Gasteiger partial charge is 0.326 e. The predicted octanol–water partition coefficient (Wildman–Crippen LogP) is 3.83. The molecule has 12 heteroatoms. The Balaban J connectivity index is 1.37. The fourth-order valence-electron chi connectivity index (χ4n) is 6.40. The van der Waals surface area contributed by atoms with Crippen molar-refractivity contribution in [1.82, 2.24) is 29.9 Å². The summed E-state index contributed by atoms with van der Waals surface area (Å²) in [5.74, 6) is -2.05. The Hall–Kier alpha value is -4.74. The maximum Gasteiger partial charge on any atom is 0.326 e. The summed E-state index contributed by atoms with van der Waals surface area (Å²) in [6.45, 7) is 2.34. The van der Waals surface area contributed by atoms with Crippen LogP contribution >= 0.6 is 0 Å². The lowest BCUT2D eigenvalue weighted by Gasteiger charge is -2.26. The van der Waals surface area contributed by atoms with Crippen molar-refractivity contribution in [3.8, 4) is 11.4 Å². The Kier molecular flexibility index (Phi) is 10.3. The number of carbonyl (C=O) groups is 4. The lowest BCUT2D eigenvalue weighted by atomic mass is 9.99. The van der Waals surface area contributed by atoms with Crippen molar-refractivity contribution in [2.75, 3.05) is 27.2 Å². The van der Waals surface area contributed by atoms with Crippen LogP contribution in [0.4, 0.5) is 0 Å². The van der Waals surface area contributed by atoms with Crippen molar-refractivity contribution in [3.05, 3.63) is 60.6 Å². The van der Waals surface area contributed by atoms with Gasteiger partial charge in [0.15, 0.2) is 0 Å². The van der Waals surface area contributed by atoms with Gasteiger partial charge in [-0.15, -0.1) is 0 Å². The monoisotopic (exact) mass is 630 g/mol. The number of methoxy groups -OCH3 is 1. The number of allylic oxidation sites excluding steroid dienone is 1. The van der Waals surface area contributed by atoms with Crippen molar-refractivity contribution < 1.29 is 29.0 Å². The summed E-state index contributed by atoms with van der Waals surface area (Å²) in [6, 6.07) is 7.05. The summed E-state index contributed by atoms with van der Waals surface area (Å²) >= 11 is 0. The number of nitrogens with zero attached hydrogens (tertiary/aromatic N) is 5. The molecule has 244 valence electrons. The van der Waals surface area contributed by atoms with Crippen molar-refractivity contribution in [3.63, 3.8) is 0 Å². The Morgan fingerprint density at radius 2 is 1.96 bits per heavy atom. The number of pyridine rings is 1. The van der Waals surface area contributed by atoms with Gasteiger partial charge in [0.2, 0.25) is 11.8 Å². The first-order chi connectivity index (χ1) is 22.2. The van der Waals surface area contributed by atoms with E-state index in [-0.39, 0.29) is 30.0 Å². The number of carboxylic acid groups (broad SMARTS) is 1. The van der Waals surface area contributed by atoms with Crippen LogP contribution < -0.4 is 10.1 Å². The average Bonchev–Trinajstić information content (AvgIpc) is 3.73. The number of aliphatic carboxylic acids is 1. The van der Waals surface area contributed by atoms with E-state index >= 15 is 0 Å². The number of carboxylic acids is 1. The highest BCUT2D eigenvalue weighted by Gasteiger charge is 2.41. The summed E-state index contributed by atoms with van der Waals surface area (Å²) in [6.07, 6.45) is 12.3. The van der Waals surface area contributed by atoms with Gasteiger partial charge in [0.25, 0.3) is 5.91 Å². The van der Waals surface area contributed by atoms with Gasteiger partial charge in [-0.05, 0) is 55.9 Å². The van der Waals surface area contributed by atoms with Crippen LogP contribution in [-0.4, -0.2) is 92.7 Å². The molecule has 0 bridgehead atoms. The SMILES string of the molecule is COc1ccc2c(-n3cccn3)cc(C(=O)N(C)C[C@@H]3C[C@H]4C(=O)NC(C(=O)O)[C@@H](C)/C=C\CCCCCCC(=O)N4C3)nc2c1. The molecule has 1 aromatic carbocycles. The first-order valence-electron chi connectivity index (χ1n) is 15.9. The number of hydrogen-bond donors (Lipinski definition) is 2.